The Kier molecular flexibility index (Phi) is 7.21. The molecule has 1 heterocycles. The topological polar surface area (TPSA) is 85.3 Å². The van der Waals surface area contributed by atoms with E-state index in [1.807, 2.05) is 42.5 Å². The first-order valence-electron chi connectivity index (χ1n) is 10.7. The molecule has 1 atom stereocenters. The number of hydrogen-bond donors (Lipinski definition) is 1. The van der Waals surface area contributed by atoms with Gasteiger partial charge in [-0.25, -0.2) is 0 Å². The van der Waals surface area contributed by atoms with Gasteiger partial charge in [-0.2, -0.15) is 0 Å². The van der Waals surface area contributed by atoms with E-state index in [0.717, 1.165) is 10.8 Å². The van der Waals surface area contributed by atoms with Crippen molar-refractivity contribution in [3.63, 3.8) is 0 Å². The molecule has 7 nitrogen and oxygen atoms in total. The first kappa shape index (κ1) is 24.9. The summed E-state index contributed by atoms with van der Waals surface area (Å²) in [6.45, 7) is 0.352. The molecule has 1 amide bonds. The summed E-state index contributed by atoms with van der Waals surface area (Å²) < 4.78 is 15.8. The van der Waals surface area contributed by atoms with E-state index >= 15 is 0 Å². The number of nitrogens with zero attached hydrogens (tertiary/aromatic N) is 1. The van der Waals surface area contributed by atoms with E-state index < -0.39 is 23.5 Å². The minimum Gasteiger partial charge on any atom is -0.507 e. The van der Waals surface area contributed by atoms with Gasteiger partial charge in [-0.05, 0) is 22.4 Å². The molecule has 1 unspecified atom stereocenters. The Morgan fingerprint density at radius 1 is 1.00 bits per heavy atom. The number of benzene rings is 3. The summed E-state index contributed by atoms with van der Waals surface area (Å²) >= 11 is 12.7. The van der Waals surface area contributed by atoms with Gasteiger partial charge in [-0.15, -0.1) is 0 Å². The van der Waals surface area contributed by atoms with Gasteiger partial charge in [0.2, 0.25) is 0 Å². The van der Waals surface area contributed by atoms with Crippen molar-refractivity contribution in [2.24, 2.45) is 0 Å². The lowest BCUT2D eigenvalue weighted by Crippen LogP contribution is -2.32. The zero-order valence-electron chi connectivity index (χ0n) is 19.3. The number of rotatable bonds is 7. The van der Waals surface area contributed by atoms with Crippen molar-refractivity contribution in [2.45, 2.75) is 6.04 Å². The normalized spacial score (nSPS) is 17.3. The lowest BCUT2D eigenvalue weighted by atomic mass is 9.91. The average Bonchev–Trinajstić information content (AvgIpc) is 3.11. The molecule has 3 aromatic carbocycles. The van der Waals surface area contributed by atoms with Crippen molar-refractivity contribution in [3.05, 3.63) is 75.3 Å². The molecule has 0 saturated carbocycles. The Hall–Kier alpha value is -3.26. The fourth-order valence-corrected chi connectivity index (χ4v) is 5.09. The van der Waals surface area contributed by atoms with Crippen molar-refractivity contribution in [3.8, 4) is 11.5 Å². The van der Waals surface area contributed by atoms with Crippen molar-refractivity contribution < 1.29 is 28.9 Å². The van der Waals surface area contributed by atoms with E-state index in [2.05, 4.69) is 0 Å². The SMILES string of the molecule is COCCN1C(=O)C(=O)/C(=C(/O)c2cc(Cl)c(OC)c(Cl)c2OC)C1c1cccc2ccccc12. The summed E-state index contributed by atoms with van der Waals surface area (Å²) in [6, 6.07) is 13.7. The number of aliphatic hydroxyl groups is 1. The number of ether oxygens (including phenoxy) is 3. The Morgan fingerprint density at radius 2 is 1.69 bits per heavy atom. The predicted octanol–water partition coefficient (Wildman–Crippen LogP) is 5.23. The highest BCUT2D eigenvalue weighted by Crippen LogP contribution is 2.47. The van der Waals surface area contributed by atoms with Gasteiger partial charge in [0.25, 0.3) is 11.7 Å². The number of halogens is 2. The first-order valence-corrected chi connectivity index (χ1v) is 11.5. The van der Waals surface area contributed by atoms with Gasteiger partial charge in [0.1, 0.15) is 10.8 Å². The molecule has 0 radical (unpaired) electrons. The number of amides is 1. The monoisotopic (exact) mass is 515 g/mol. The molecule has 9 heteroatoms. The summed E-state index contributed by atoms with van der Waals surface area (Å²) in [6.07, 6.45) is 0. The smallest absolute Gasteiger partial charge is 0.295 e. The molecule has 3 aromatic rings. The molecule has 0 aromatic heterocycles. The molecule has 0 bridgehead atoms. The minimum absolute atomic E-state index is 0.0272. The van der Waals surface area contributed by atoms with Gasteiger partial charge in [0, 0.05) is 13.7 Å². The molecule has 1 aliphatic heterocycles. The van der Waals surface area contributed by atoms with Crippen LogP contribution in [0.15, 0.2) is 54.1 Å². The van der Waals surface area contributed by atoms with Crippen LogP contribution in [0, 0.1) is 0 Å². The largest absolute Gasteiger partial charge is 0.507 e. The average molecular weight is 516 g/mol. The Bertz CT molecular complexity index is 1350. The van der Waals surface area contributed by atoms with Gasteiger partial charge in [0.05, 0.1) is 43.0 Å². The zero-order valence-corrected chi connectivity index (χ0v) is 20.8. The highest BCUT2D eigenvalue weighted by atomic mass is 35.5. The van der Waals surface area contributed by atoms with E-state index in [4.69, 9.17) is 37.4 Å². The van der Waals surface area contributed by atoms with Gasteiger partial charge in [-0.1, -0.05) is 65.7 Å². The minimum atomic E-state index is -0.874. The second-order valence-electron chi connectivity index (χ2n) is 7.84. The van der Waals surface area contributed by atoms with Crippen molar-refractivity contribution in [2.75, 3.05) is 34.5 Å². The zero-order chi connectivity index (χ0) is 25.3. The van der Waals surface area contributed by atoms with Crippen LogP contribution in [0.2, 0.25) is 10.0 Å². The van der Waals surface area contributed by atoms with Crippen LogP contribution in [0.3, 0.4) is 0 Å². The third kappa shape index (κ3) is 4.20. The summed E-state index contributed by atoms with van der Waals surface area (Å²) in [5, 5.41) is 13.4. The summed E-state index contributed by atoms with van der Waals surface area (Å²) in [7, 11) is 4.27. The third-order valence-corrected chi connectivity index (χ3v) is 6.61. The number of carbonyl (C=O) groups excluding carboxylic acids is 2. The molecule has 182 valence electrons. The van der Waals surface area contributed by atoms with E-state index in [1.54, 1.807) is 0 Å². The lowest BCUT2D eigenvalue weighted by molar-refractivity contribution is -0.140. The summed E-state index contributed by atoms with van der Waals surface area (Å²) in [5.41, 5.74) is 0.654. The number of carbonyl (C=O) groups is 2. The third-order valence-electron chi connectivity index (χ3n) is 5.99. The molecule has 35 heavy (non-hydrogen) atoms. The summed E-state index contributed by atoms with van der Waals surface area (Å²) in [5.74, 6) is -1.81. The van der Waals surface area contributed by atoms with Gasteiger partial charge in [0.15, 0.2) is 11.5 Å². The van der Waals surface area contributed by atoms with Gasteiger partial charge in [-0.3, -0.25) is 9.59 Å². The van der Waals surface area contributed by atoms with Crippen molar-refractivity contribution >= 4 is 51.4 Å². The number of Topliss-reactive ketones (excluding diaryl/α,β-unsaturated/α-hetero) is 1. The maximum atomic E-state index is 13.3. The van der Waals surface area contributed by atoms with Crippen molar-refractivity contribution in [1.29, 1.82) is 0 Å². The van der Waals surface area contributed by atoms with Crippen LogP contribution in [-0.2, 0) is 14.3 Å². The first-order chi connectivity index (χ1) is 16.8. The summed E-state index contributed by atoms with van der Waals surface area (Å²) in [4.78, 5) is 27.9. The molecule has 1 saturated heterocycles. The number of aliphatic hydroxyl groups excluding tert-OH is 1. The standard InChI is InChI=1S/C26H23Cl2NO6/c1-33-12-11-29-21(16-10-6-8-14-7-4-5-9-15(14)16)19(23(31)26(29)32)22(30)17-13-18(27)25(35-3)20(28)24(17)34-2/h4-10,13,21,30H,11-12H2,1-3H3/b22-19+. The highest BCUT2D eigenvalue weighted by molar-refractivity contribution is 6.47. The van der Waals surface area contributed by atoms with Crippen LogP contribution in [0.4, 0.5) is 0 Å². The molecular formula is C26H23Cl2NO6. The number of ketones is 1. The molecule has 1 fully saturated rings. The maximum absolute atomic E-state index is 13.3. The number of fused-ring (bicyclic) bond motifs is 1. The fraction of sp³-hybridized carbons (Fsp3) is 0.231. The fourth-order valence-electron chi connectivity index (χ4n) is 4.40. The van der Waals surface area contributed by atoms with Crippen LogP contribution in [0.5, 0.6) is 11.5 Å². The predicted molar refractivity (Wildman–Crippen MR) is 134 cm³/mol. The van der Waals surface area contributed by atoms with E-state index in [1.165, 1.54) is 32.3 Å². The van der Waals surface area contributed by atoms with Crippen molar-refractivity contribution in [1.82, 2.24) is 4.90 Å². The second-order valence-corrected chi connectivity index (χ2v) is 8.63. The van der Waals surface area contributed by atoms with Crippen LogP contribution in [0.25, 0.3) is 16.5 Å². The van der Waals surface area contributed by atoms with Crippen LogP contribution < -0.4 is 9.47 Å². The van der Waals surface area contributed by atoms with E-state index in [9.17, 15) is 14.7 Å². The van der Waals surface area contributed by atoms with Crippen LogP contribution in [0.1, 0.15) is 17.2 Å². The number of methoxy groups -OCH3 is 3. The Morgan fingerprint density at radius 3 is 2.37 bits per heavy atom. The Balaban J connectivity index is 2.02. The maximum Gasteiger partial charge on any atom is 0.295 e. The lowest BCUT2D eigenvalue weighted by Gasteiger charge is -2.26. The number of likely N-dealkylation sites (tertiary alicyclic amines) is 1. The quantitative estimate of drug-likeness (QED) is 0.263. The van der Waals surface area contributed by atoms with Crippen LogP contribution in [-0.4, -0.2) is 56.2 Å². The molecule has 4 rings (SSSR count). The van der Waals surface area contributed by atoms with Gasteiger partial charge < -0.3 is 24.2 Å². The van der Waals surface area contributed by atoms with E-state index in [-0.39, 0.29) is 45.8 Å². The molecule has 1 N–H and O–H groups in total. The molecule has 0 aliphatic carbocycles. The van der Waals surface area contributed by atoms with E-state index in [0.29, 0.717) is 5.56 Å². The van der Waals surface area contributed by atoms with Crippen LogP contribution >= 0.6 is 23.2 Å². The number of hydrogen-bond acceptors (Lipinski definition) is 6. The second kappa shape index (κ2) is 10.2. The molecule has 1 aliphatic rings. The molecule has 0 spiro atoms. The highest BCUT2D eigenvalue weighted by Gasteiger charge is 2.46. The van der Waals surface area contributed by atoms with Gasteiger partial charge >= 0.3 is 0 Å². The molecular weight excluding hydrogens is 493 g/mol. The Labute approximate surface area is 212 Å².